The van der Waals surface area contributed by atoms with E-state index in [2.05, 4.69) is 0 Å². The number of halogens is 7. The molecule has 4 aliphatic rings. The van der Waals surface area contributed by atoms with E-state index < -0.39 is 109 Å². The van der Waals surface area contributed by atoms with Crippen LogP contribution in [0.1, 0.15) is 31.2 Å². The number of amides is 4. The second-order valence-electron chi connectivity index (χ2n) is 12.6. The van der Waals surface area contributed by atoms with Crippen LogP contribution < -0.4 is 14.5 Å². The van der Waals surface area contributed by atoms with E-state index in [-0.39, 0.29) is 46.3 Å². The molecule has 6 atom stereocenters. The molecule has 1 saturated carbocycles. The lowest BCUT2D eigenvalue weighted by atomic mass is 9.56. The first kappa shape index (κ1) is 35.3. The summed E-state index contributed by atoms with van der Waals surface area (Å²) in [5.74, 6) is -23.1. The summed E-state index contributed by atoms with van der Waals surface area (Å²) >= 11 is 14.2. The molecule has 2 saturated heterocycles. The van der Waals surface area contributed by atoms with Gasteiger partial charge in [0.05, 0.1) is 29.1 Å². The third-order valence-electron chi connectivity index (χ3n) is 10.1. The van der Waals surface area contributed by atoms with Crippen LogP contribution in [0.15, 0.2) is 54.1 Å². The summed E-state index contributed by atoms with van der Waals surface area (Å²) in [6, 6.07) is 8.41. The standard InChI is InChI=1S/C34H22Cl2F5N3O8/c1-2-52-20-10-13(6-9-19(20)45)22-16-7-8-17-21(30(47)42(29(17)46)14-4-3-5-15(11-14)44(50)51)18(16)12-33(35)31(48)43(32(49)34(22,33)36)28-26(40)24(38)23(37)25(39)27(28)41/h3-7,9-11,17-18,21-22,45H,2,8,12H2,1H3. The van der Waals surface area contributed by atoms with E-state index in [1.54, 1.807) is 6.92 Å². The molecule has 3 aromatic rings. The van der Waals surface area contributed by atoms with Crippen LogP contribution in [0.25, 0.3) is 0 Å². The van der Waals surface area contributed by atoms with Crippen molar-refractivity contribution >= 4 is 63.9 Å². The smallest absolute Gasteiger partial charge is 0.271 e. The van der Waals surface area contributed by atoms with Gasteiger partial charge in [0, 0.05) is 18.1 Å². The minimum Gasteiger partial charge on any atom is -0.504 e. The van der Waals surface area contributed by atoms with Gasteiger partial charge in [0.15, 0.2) is 44.5 Å². The summed E-state index contributed by atoms with van der Waals surface area (Å²) in [5.41, 5.74) is -2.26. The highest BCUT2D eigenvalue weighted by molar-refractivity contribution is 6.58. The van der Waals surface area contributed by atoms with Crippen LogP contribution in [0.2, 0.25) is 0 Å². The molecule has 1 N–H and O–H groups in total. The lowest BCUT2D eigenvalue weighted by molar-refractivity contribution is -0.384. The van der Waals surface area contributed by atoms with Crippen LogP contribution in [0.3, 0.4) is 0 Å². The van der Waals surface area contributed by atoms with Crippen LogP contribution in [0.5, 0.6) is 11.5 Å². The number of benzene rings is 3. The van der Waals surface area contributed by atoms with Gasteiger partial charge >= 0.3 is 0 Å². The van der Waals surface area contributed by atoms with Gasteiger partial charge in [-0.2, -0.15) is 0 Å². The van der Waals surface area contributed by atoms with Crippen molar-refractivity contribution in [1.29, 1.82) is 0 Å². The number of anilines is 2. The molecule has 0 bridgehead atoms. The number of nitro groups is 1. The monoisotopic (exact) mass is 765 g/mol. The topological polar surface area (TPSA) is 147 Å². The minimum atomic E-state index is -2.77. The van der Waals surface area contributed by atoms with E-state index in [9.17, 15) is 47.6 Å². The minimum absolute atomic E-state index is 0.0309. The van der Waals surface area contributed by atoms with Crippen LogP contribution in [0.4, 0.5) is 39.0 Å². The van der Waals surface area contributed by atoms with Crippen molar-refractivity contribution in [2.75, 3.05) is 16.4 Å². The van der Waals surface area contributed by atoms with Gasteiger partial charge in [0.25, 0.3) is 17.5 Å². The maximum absolute atomic E-state index is 15.2. The highest BCUT2D eigenvalue weighted by Gasteiger charge is 2.77. The van der Waals surface area contributed by atoms with Crippen LogP contribution in [0, 0.1) is 57.0 Å². The zero-order valence-corrected chi connectivity index (χ0v) is 27.9. The third-order valence-corrected chi connectivity index (χ3v) is 11.6. The molecule has 11 nitrogen and oxygen atoms in total. The Morgan fingerprint density at radius 3 is 2.19 bits per heavy atom. The number of carbonyl (C=O) groups is 4. The summed E-state index contributed by atoms with van der Waals surface area (Å²) in [6.07, 6.45) is 0.604. The van der Waals surface area contributed by atoms with Gasteiger partial charge in [0.1, 0.15) is 5.69 Å². The van der Waals surface area contributed by atoms with E-state index in [4.69, 9.17) is 27.9 Å². The fourth-order valence-electron chi connectivity index (χ4n) is 7.92. The largest absolute Gasteiger partial charge is 0.504 e. The molecule has 0 radical (unpaired) electrons. The van der Waals surface area contributed by atoms with Crippen LogP contribution in [-0.4, -0.2) is 50.0 Å². The Bertz CT molecular complexity index is 2180. The zero-order chi connectivity index (χ0) is 37.8. The van der Waals surface area contributed by atoms with Gasteiger partial charge < -0.3 is 9.84 Å². The Balaban J connectivity index is 1.43. The number of fused-ring (bicyclic) bond motifs is 4. The van der Waals surface area contributed by atoms with Gasteiger partial charge in [-0.05, 0) is 49.4 Å². The van der Waals surface area contributed by atoms with E-state index >= 15 is 8.78 Å². The molecule has 3 fully saturated rings. The number of nitrogens with zero attached hydrogens (tertiary/aromatic N) is 3. The Kier molecular flexibility index (Phi) is 8.14. The predicted molar refractivity (Wildman–Crippen MR) is 171 cm³/mol. The number of phenolic OH excluding ortho intramolecular Hbond substituents is 1. The molecule has 6 unspecified atom stereocenters. The second kappa shape index (κ2) is 12.0. The van der Waals surface area contributed by atoms with Gasteiger partial charge in [-0.15, -0.1) is 23.2 Å². The number of non-ortho nitro benzene ring substituents is 1. The van der Waals surface area contributed by atoms with E-state index in [0.29, 0.717) is 0 Å². The Labute approximate surface area is 299 Å². The number of nitro benzene ring substituents is 1. The van der Waals surface area contributed by atoms with Crippen molar-refractivity contribution in [1.82, 2.24) is 0 Å². The first-order valence-electron chi connectivity index (χ1n) is 15.6. The maximum atomic E-state index is 15.2. The van der Waals surface area contributed by atoms with Crippen molar-refractivity contribution < 1.29 is 55.9 Å². The number of aromatic hydroxyl groups is 1. The fraction of sp³-hybridized carbons (Fsp3) is 0.294. The molecule has 2 heterocycles. The van der Waals surface area contributed by atoms with Gasteiger partial charge in [-0.25, -0.2) is 31.8 Å². The molecule has 7 rings (SSSR count). The number of ether oxygens (including phenoxy) is 1. The molecular weight excluding hydrogens is 744 g/mol. The number of hydrogen-bond acceptors (Lipinski definition) is 8. The van der Waals surface area contributed by atoms with Crippen molar-refractivity contribution in [2.24, 2.45) is 17.8 Å². The van der Waals surface area contributed by atoms with Gasteiger partial charge in [0.2, 0.25) is 17.6 Å². The van der Waals surface area contributed by atoms with Crippen molar-refractivity contribution in [3.05, 3.63) is 98.9 Å². The fourth-order valence-corrected chi connectivity index (χ4v) is 8.86. The summed E-state index contributed by atoms with van der Waals surface area (Å²) in [4.78, 5) is 62.4. The Morgan fingerprint density at radius 1 is 0.904 bits per heavy atom. The SMILES string of the molecule is CCOc1cc(C2C3=CCC4C(=O)N(c5cccc([N+](=O)[O-])c5)C(=O)C4C3CC3(Cl)C(=O)N(c4c(F)c(F)c(F)c(F)c4F)C(=O)C23Cl)ccc1O. The van der Waals surface area contributed by atoms with E-state index in [0.717, 1.165) is 23.1 Å². The number of phenols is 1. The number of allylic oxidation sites excluding steroid dienone is 2. The van der Waals surface area contributed by atoms with Gasteiger partial charge in [-0.3, -0.25) is 29.3 Å². The molecule has 270 valence electrons. The van der Waals surface area contributed by atoms with Crippen LogP contribution >= 0.6 is 23.2 Å². The first-order valence-corrected chi connectivity index (χ1v) is 16.3. The third kappa shape index (κ3) is 4.55. The number of hydrogen-bond donors (Lipinski definition) is 1. The quantitative estimate of drug-likeness (QED) is 0.0459. The summed E-state index contributed by atoms with van der Waals surface area (Å²) in [6.45, 7) is 1.63. The zero-order valence-electron chi connectivity index (χ0n) is 26.3. The van der Waals surface area contributed by atoms with Crippen molar-refractivity contribution in [3.63, 3.8) is 0 Å². The van der Waals surface area contributed by atoms with Crippen molar-refractivity contribution in [2.45, 2.75) is 35.4 Å². The highest BCUT2D eigenvalue weighted by atomic mass is 35.5. The van der Waals surface area contributed by atoms with E-state index in [1.165, 1.54) is 30.3 Å². The summed E-state index contributed by atoms with van der Waals surface area (Å²) < 4.78 is 78.9. The average Bonchev–Trinajstić information content (AvgIpc) is 3.45. The number of rotatable bonds is 6. The molecular formula is C34H22Cl2F5N3O8. The lowest BCUT2D eigenvalue weighted by Crippen LogP contribution is -2.60. The second-order valence-corrected chi connectivity index (χ2v) is 13.9. The summed E-state index contributed by atoms with van der Waals surface area (Å²) in [7, 11) is 0. The highest BCUT2D eigenvalue weighted by Crippen LogP contribution is 2.66. The maximum Gasteiger partial charge on any atom is 0.271 e. The molecule has 4 amide bonds. The molecule has 52 heavy (non-hydrogen) atoms. The van der Waals surface area contributed by atoms with Gasteiger partial charge in [-0.1, -0.05) is 23.8 Å². The molecule has 3 aromatic carbocycles. The Hall–Kier alpha value is -5.09. The van der Waals surface area contributed by atoms with Crippen molar-refractivity contribution in [3.8, 4) is 11.5 Å². The predicted octanol–water partition coefficient (Wildman–Crippen LogP) is 6.16. The van der Waals surface area contributed by atoms with E-state index in [1.807, 2.05) is 0 Å². The lowest BCUT2D eigenvalue weighted by Gasteiger charge is -2.50. The first-order chi connectivity index (χ1) is 24.5. The molecule has 0 aromatic heterocycles. The average molecular weight is 766 g/mol. The van der Waals surface area contributed by atoms with Crippen LogP contribution in [-0.2, 0) is 19.2 Å². The number of carbonyl (C=O) groups excluding carboxylic acids is 4. The molecule has 0 spiro atoms. The normalized spacial score (nSPS) is 28.1. The number of alkyl halides is 2. The molecule has 2 aliphatic heterocycles. The molecule has 2 aliphatic carbocycles. The Morgan fingerprint density at radius 2 is 1.56 bits per heavy atom. The summed E-state index contributed by atoms with van der Waals surface area (Å²) in [5, 5.41) is 21.9. The molecule has 18 heteroatoms. The number of imide groups is 2.